The molecule has 0 aliphatic carbocycles. The van der Waals surface area contributed by atoms with Gasteiger partial charge in [0.1, 0.15) is 5.52 Å². The van der Waals surface area contributed by atoms with E-state index in [-0.39, 0.29) is 0 Å². The fourth-order valence-corrected chi connectivity index (χ4v) is 4.00. The average Bonchev–Trinajstić information content (AvgIpc) is 3.18. The summed E-state index contributed by atoms with van der Waals surface area (Å²) < 4.78 is 0. The first-order valence-corrected chi connectivity index (χ1v) is 11.8. The Morgan fingerprint density at radius 3 is 1.96 bits per heavy atom. The summed E-state index contributed by atoms with van der Waals surface area (Å²) >= 11 is 0. The summed E-state index contributed by atoms with van der Waals surface area (Å²) in [6.07, 6.45) is 16.4. The summed E-state index contributed by atoms with van der Waals surface area (Å²) in [5.41, 5.74) is 4.75. The zero-order valence-corrected chi connectivity index (χ0v) is 18.6. The van der Waals surface area contributed by atoms with Gasteiger partial charge in [-0.2, -0.15) is 0 Å². The van der Waals surface area contributed by atoms with Crippen molar-refractivity contribution in [1.82, 2.24) is 20.3 Å². The van der Waals surface area contributed by atoms with Crippen LogP contribution in [-0.2, 0) is 6.54 Å². The molecule has 0 aliphatic rings. The molecule has 0 bridgehead atoms. The van der Waals surface area contributed by atoms with Gasteiger partial charge in [-0.15, -0.1) is 5.10 Å². The van der Waals surface area contributed by atoms with Crippen molar-refractivity contribution in [2.24, 2.45) is 0 Å². The van der Waals surface area contributed by atoms with E-state index < -0.39 is 0 Å². The number of benzene rings is 1. The molecule has 0 fully saturated rings. The van der Waals surface area contributed by atoms with Gasteiger partial charge in [-0.25, -0.2) is 0 Å². The van der Waals surface area contributed by atoms with Crippen LogP contribution in [0.5, 0.6) is 0 Å². The molecule has 2 rings (SSSR count). The van der Waals surface area contributed by atoms with Gasteiger partial charge in [-0.3, -0.25) is 10.00 Å². The third-order valence-electron chi connectivity index (χ3n) is 5.91. The number of nitrogens with zero attached hydrogens (tertiary/aromatic N) is 3. The normalized spacial score (nSPS) is 11.7. The molecule has 1 aromatic heterocycles. The van der Waals surface area contributed by atoms with Crippen LogP contribution in [0.3, 0.4) is 0 Å². The summed E-state index contributed by atoms with van der Waals surface area (Å²) in [5.74, 6) is 0. The summed E-state index contributed by atoms with van der Waals surface area (Å²) in [6, 6.07) is 4.39. The highest BCUT2D eigenvalue weighted by atomic mass is 15.3. The van der Waals surface area contributed by atoms with Gasteiger partial charge in [0.25, 0.3) is 0 Å². The molecule has 1 heterocycles. The van der Waals surface area contributed by atoms with Gasteiger partial charge >= 0.3 is 0 Å². The number of aromatic nitrogens is 3. The maximum atomic E-state index is 4.27. The average molecular weight is 387 g/mol. The number of nitrogens with one attached hydrogen (secondary N) is 1. The van der Waals surface area contributed by atoms with Crippen molar-refractivity contribution < 1.29 is 0 Å². The van der Waals surface area contributed by atoms with Crippen molar-refractivity contribution in [2.75, 3.05) is 13.1 Å². The molecule has 0 unspecified atom stereocenters. The molecule has 1 N–H and O–H groups in total. The van der Waals surface area contributed by atoms with Crippen LogP contribution in [0.4, 0.5) is 0 Å². The first-order valence-electron chi connectivity index (χ1n) is 11.8. The predicted molar refractivity (Wildman–Crippen MR) is 121 cm³/mol. The Morgan fingerprint density at radius 1 is 0.786 bits per heavy atom. The van der Waals surface area contributed by atoms with Crippen molar-refractivity contribution in [3.05, 3.63) is 23.3 Å². The van der Waals surface area contributed by atoms with Crippen molar-refractivity contribution in [3.63, 3.8) is 0 Å². The van der Waals surface area contributed by atoms with Gasteiger partial charge in [0.05, 0.1) is 5.52 Å². The smallest absolute Gasteiger partial charge is 0.116 e. The first kappa shape index (κ1) is 22.9. The lowest BCUT2D eigenvalue weighted by atomic mass is 10.1. The van der Waals surface area contributed by atoms with Crippen LogP contribution < -0.4 is 0 Å². The van der Waals surface area contributed by atoms with Crippen molar-refractivity contribution >= 4 is 11.0 Å². The van der Waals surface area contributed by atoms with E-state index in [1.54, 1.807) is 0 Å². The number of hydrogen-bond acceptors (Lipinski definition) is 3. The lowest BCUT2D eigenvalue weighted by Crippen LogP contribution is -2.26. The van der Waals surface area contributed by atoms with E-state index in [1.165, 1.54) is 101 Å². The number of fused-ring (bicyclic) bond motifs is 1. The minimum atomic E-state index is 1.02. The van der Waals surface area contributed by atoms with Crippen LogP contribution in [0.1, 0.15) is 102 Å². The van der Waals surface area contributed by atoms with Crippen molar-refractivity contribution in [2.45, 2.75) is 104 Å². The zero-order valence-electron chi connectivity index (χ0n) is 18.6. The second-order valence-electron chi connectivity index (χ2n) is 8.37. The molecule has 0 saturated carbocycles. The molecule has 0 saturated heterocycles. The molecule has 0 radical (unpaired) electrons. The minimum Gasteiger partial charge on any atom is -0.299 e. The molecule has 158 valence electrons. The van der Waals surface area contributed by atoms with Crippen LogP contribution in [-0.4, -0.2) is 33.4 Å². The second-order valence-corrected chi connectivity index (χ2v) is 8.37. The molecule has 0 aliphatic heterocycles. The third kappa shape index (κ3) is 7.90. The van der Waals surface area contributed by atoms with E-state index in [0.29, 0.717) is 0 Å². The highest BCUT2D eigenvalue weighted by Gasteiger charge is 2.11. The van der Waals surface area contributed by atoms with Crippen LogP contribution >= 0.6 is 0 Å². The van der Waals surface area contributed by atoms with Crippen LogP contribution in [0.25, 0.3) is 11.0 Å². The Labute approximate surface area is 172 Å². The number of H-pyrrole nitrogens is 1. The Balaban J connectivity index is 1.85. The Morgan fingerprint density at radius 2 is 1.36 bits per heavy atom. The topological polar surface area (TPSA) is 44.8 Å². The minimum absolute atomic E-state index is 1.02. The summed E-state index contributed by atoms with van der Waals surface area (Å²) in [5, 5.41) is 11.2. The number of rotatable bonds is 16. The highest BCUT2D eigenvalue weighted by molar-refractivity contribution is 5.78. The third-order valence-corrected chi connectivity index (χ3v) is 5.91. The van der Waals surface area contributed by atoms with Gasteiger partial charge in [0.15, 0.2) is 0 Å². The van der Waals surface area contributed by atoms with E-state index >= 15 is 0 Å². The van der Waals surface area contributed by atoms with E-state index in [4.69, 9.17) is 0 Å². The lowest BCUT2D eigenvalue weighted by Gasteiger charge is -2.23. The maximum absolute atomic E-state index is 4.27. The standard InChI is InChI=1S/C24H42N4/c1-4-6-8-10-12-14-18-28(19-15-13-11-9-7-5-2)20-22-16-17-23-24(21(22)3)26-27-25-23/h16-17H,4-15,18-20H2,1-3H3,(H,25,26,27). The Bertz CT molecular complexity index is 633. The van der Waals surface area contributed by atoms with Gasteiger partial charge in [-0.05, 0) is 50.0 Å². The quantitative estimate of drug-likeness (QED) is 0.323. The van der Waals surface area contributed by atoms with Gasteiger partial charge in [-0.1, -0.05) is 89.3 Å². The van der Waals surface area contributed by atoms with Crippen LogP contribution in [0.15, 0.2) is 12.1 Å². The number of aryl methyl sites for hydroxylation is 1. The van der Waals surface area contributed by atoms with E-state index in [2.05, 4.69) is 53.2 Å². The second kappa shape index (κ2) is 13.7. The van der Waals surface area contributed by atoms with Gasteiger partial charge in [0, 0.05) is 6.54 Å². The molecular weight excluding hydrogens is 344 g/mol. The first-order chi connectivity index (χ1) is 13.8. The van der Waals surface area contributed by atoms with Crippen molar-refractivity contribution in [1.29, 1.82) is 0 Å². The largest absolute Gasteiger partial charge is 0.299 e. The molecule has 0 atom stereocenters. The van der Waals surface area contributed by atoms with Crippen LogP contribution in [0, 0.1) is 6.92 Å². The van der Waals surface area contributed by atoms with E-state index in [1.807, 2.05) is 0 Å². The van der Waals surface area contributed by atoms with E-state index in [0.717, 1.165) is 17.6 Å². The van der Waals surface area contributed by atoms with Crippen LogP contribution in [0.2, 0.25) is 0 Å². The maximum Gasteiger partial charge on any atom is 0.116 e. The number of hydrogen-bond donors (Lipinski definition) is 1. The molecule has 0 amide bonds. The van der Waals surface area contributed by atoms with E-state index in [9.17, 15) is 0 Å². The monoisotopic (exact) mass is 386 g/mol. The Hall–Kier alpha value is -1.42. The number of aromatic amines is 1. The molecule has 1 aromatic carbocycles. The highest BCUT2D eigenvalue weighted by Crippen LogP contribution is 2.20. The van der Waals surface area contributed by atoms with Gasteiger partial charge < -0.3 is 0 Å². The fraction of sp³-hybridized carbons (Fsp3) is 0.750. The molecular formula is C24H42N4. The number of unbranched alkanes of at least 4 members (excludes halogenated alkanes) is 10. The lowest BCUT2D eigenvalue weighted by molar-refractivity contribution is 0.252. The zero-order chi connectivity index (χ0) is 20.0. The SMILES string of the molecule is CCCCCCCCN(CCCCCCCC)Cc1ccc2[nH]nnc2c1C. The van der Waals surface area contributed by atoms with Gasteiger partial charge in [0.2, 0.25) is 0 Å². The van der Waals surface area contributed by atoms with Crippen molar-refractivity contribution in [3.8, 4) is 0 Å². The molecule has 2 aromatic rings. The summed E-state index contributed by atoms with van der Waals surface area (Å²) in [4.78, 5) is 2.67. The molecule has 4 heteroatoms. The Kier molecular flexibility index (Phi) is 11.2. The fourth-order valence-electron chi connectivity index (χ4n) is 4.00. The summed E-state index contributed by atoms with van der Waals surface area (Å²) in [6.45, 7) is 10.2. The molecule has 4 nitrogen and oxygen atoms in total. The molecule has 28 heavy (non-hydrogen) atoms. The predicted octanol–water partition coefficient (Wildman–Crippen LogP) is 6.79. The summed E-state index contributed by atoms with van der Waals surface area (Å²) in [7, 11) is 0. The molecule has 0 spiro atoms.